The van der Waals surface area contributed by atoms with E-state index < -0.39 is 5.82 Å². The molecule has 0 amide bonds. The molecule has 0 aliphatic rings. The van der Waals surface area contributed by atoms with E-state index in [0.29, 0.717) is 23.0 Å². The normalized spacial score (nSPS) is 10.9. The van der Waals surface area contributed by atoms with Crippen LogP contribution in [0.3, 0.4) is 0 Å². The number of benzene rings is 1. The van der Waals surface area contributed by atoms with E-state index >= 15 is 0 Å². The molecule has 0 saturated heterocycles. The average Bonchev–Trinajstić information content (AvgIpc) is 3.02. The zero-order valence-corrected chi connectivity index (χ0v) is 11.9. The summed E-state index contributed by atoms with van der Waals surface area (Å²) in [7, 11) is 0. The highest BCUT2D eigenvalue weighted by atomic mass is 35.5. The fraction of sp³-hybridized carbons (Fsp3) is 0.0769. The molecule has 0 saturated carbocycles. The molecule has 0 spiro atoms. The molecule has 4 nitrogen and oxygen atoms in total. The molecule has 0 radical (unpaired) electrons. The molecule has 102 valence electrons. The standard InChI is InChI=1S/C13H9ClFN3OS/c1-6-5-20-11(10(6)16)13-17-12(18-19-13)7-2-3-9(15)8(14)4-7/h2-5H,16H2,1H3. The van der Waals surface area contributed by atoms with Crippen molar-refractivity contribution in [3.05, 3.63) is 40.0 Å². The first-order valence-corrected chi connectivity index (χ1v) is 6.95. The van der Waals surface area contributed by atoms with Gasteiger partial charge in [-0.2, -0.15) is 4.98 Å². The maximum Gasteiger partial charge on any atom is 0.270 e. The second-order valence-electron chi connectivity index (χ2n) is 4.21. The smallest absolute Gasteiger partial charge is 0.270 e. The Bertz CT molecular complexity index is 784. The minimum atomic E-state index is -0.489. The number of anilines is 1. The van der Waals surface area contributed by atoms with Crippen LogP contribution in [0.2, 0.25) is 5.02 Å². The van der Waals surface area contributed by atoms with Gasteiger partial charge in [0.2, 0.25) is 5.82 Å². The molecule has 0 bridgehead atoms. The van der Waals surface area contributed by atoms with Crippen LogP contribution in [-0.4, -0.2) is 10.1 Å². The van der Waals surface area contributed by atoms with Gasteiger partial charge in [0, 0.05) is 5.56 Å². The van der Waals surface area contributed by atoms with E-state index in [1.165, 1.54) is 23.5 Å². The molecule has 0 aliphatic carbocycles. The Hall–Kier alpha value is -1.92. The van der Waals surface area contributed by atoms with Gasteiger partial charge in [0.25, 0.3) is 5.89 Å². The van der Waals surface area contributed by atoms with Crippen molar-refractivity contribution in [1.82, 2.24) is 10.1 Å². The van der Waals surface area contributed by atoms with Crippen molar-refractivity contribution in [3.8, 4) is 22.2 Å². The molecule has 3 aromatic rings. The van der Waals surface area contributed by atoms with E-state index in [4.69, 9.17) is 21.9 Å². The van der Waals surface area contributed by atoms with Gasteiger partial charge in [-0.3, -0.25) is 0 Å². The van der Waals surface area contributed by atoms with E-state index in [-0.39, 0.29) is 5.02 Å². The second-order valence-corrected chi connectivity index (χ2v) is 5.50. The topological polar surface area (TPSA) is 64.9 Å². The van der Waals surface area contributed by atoms with Crippen LogP contribution in [0.1, 0.15) is 5.56 Å². The largest absolute Gasteiger partial charge is 0.397 e. The third-order valence-corrected chi connectivity index (χ3v) is 4.21. The number of hydrogen-bond acceptors (Lipinski definition) is 5. The minimum Gasteiger partial charge on any atom is -0.397 e. The average molecular weight is 310 g/mol. The number of nitrogens with two attached hydrogens (primary N) is 1. The number of halogens is 2. The van der Waals surface area contributed by atoms with Crippen LogP contribution in [0.4, 0.5) is 10.1 Å². The number of aryl methyl sites for hydroxylation is 1. The third-order valence-electron chi connectivity index (χ3n) is 2.82. The number of nitrogens with zero attached hydrogens (tertiary/aromatic N) is 2. The Labute approximate surface area is 123 Å². The molecule has 0 aliphatic heterocycles. The predicted octanol–water partition coefficient (Wildman–Crippen LogP) is 4.15. The zero-order valence-electron chi connectivity index (χ0n) is 10.4. The van der Waals surface area contributed by atoms with Gasteiger partial charge in [-0.15, -0.1) is 11.3 Å². The van der Waals surface area contributed by atoms with Crippen molar-refractivity contribution < 1.29 is 8.91 Å². The summed E-state index contributed by atoms with van der Waals surface area (Å²) >= 11 is 7.17. The van der Waals surface area contributed by atoms with Crippen LogP contribution in [0.15, 0.2) is 28.1 Å². The first kappa shape index (κ1) is 13.1. The van der Waals surface area contributed by atoms with Gasteiger partial charge in [0.05, 0.1) is 10.7 Å². The second kappa shape index (κ2) is 4.88. The van der Waals surface area contributed by atoms with Crippen molar-refractivity contribution in [2.24, 2.45) is 0 Å². The molecular weight excluding hydrogens is 301 g/mol. The molecule has 2 aromatic heterocycles. The van der Waals surface area contributed by atoms with Gasteiger partial charge in [-0.05, 0) is 36.1 Å². The van der Waals surface area contributed by atoms with Gasteiger partial charge >= 0.3 is 0 Å². The van der Waals surface area contributed by atoms with Crippen LogP contribution >= 0.6 is 22.9 Å². The van der Waals surface area contributed by atoms with Crippen LogP contribution in [0.5, 0.6) is 0 Å². The van der Waals surface area contributed by atoms with E-state index in [1.807, 2.05) is 12.3 Å². The third kappa shape index (κ3) is 2.17. The monoisotopic (exact) mass is 309 g/mol. The first-order valence-electron chi connectivity index (χ1n) is 5.69. The van der Waals surface area contributed by atoms with Crippen molar-refractivity contribution >= 4 is 28.6 Å². The fourth-order valence-corrected chi connectivity index (χ4v) is 2.76. The molecule has 2 N–H and O–H groups in total. The van der Waals surface area contributed by atoms with E-state index in [9.17, 15) is 4.39 Å². The van der Waals surface area contributed by atoms with E-state index in [1.54, 1.807) is 6.07 Å². The van der Waals surface area contributed by atoms with Gasteiger partial charge < -0.3 is 10.3 Å². The summed E-state index contributed by atoms with van der Waals surface area (Å²) in [5, 5.41) is 5.80. The molecule has 0 atom stereocenters. The maximum atomic E-state index is 13.1. The summed E-state index contributed by atoms with van der Waals surface area (Å²) in [6, 6.07) is 4.25. The Balaban J connectivity index is 2.01. The highest BCUT2D eigenvalue weighted by molar-refractivity contribution is 7.14. The molecule has 20 heavy (non-hydrogen) atoms. The van der Waals surface area contributed by atoms with E-state index in [2.05, 4.69) is 10.1 Å². The molecule has 0 fully saturated rings. The minimum absolute atomic E-state index is 0.0142. The molecule has 1 aromatic carbocycles. The number of hydrogen-bond donors (Lipinski definition) is 1. The summed E-state index contributed by atoms with van der Waals surface area (Å²) < 4.78 is 18.3. The molecular formula is C13H9ClFN3OS. The maximum absolute atomic E-state index is 13.1. The molecule has 2 heterocycles. The highest BCUT2D eigenvalue weighted by Gasteiger charge is 2.16. The Morgan fingerprint density at radius 3 is 2.85 bits per heavy atom. The van der Waals surface area contributed by atoms with Crippen molar-refractivity contribution in [2.75, 3.05) is 5.73 Å². The lowest BCUT2D eigenvalue weighted by Crippen LogP contribution is -1.87. The SMILES string of the molecule is Cc1csc(-c2nc(-c3ccc(F)c(Cl)c3)no2)c1N. The van der Waals surface area contributed by atoms with Crippen LogP contribution in [0.25, 0.3) is 22.2 Å². The van der Waals surface area contributed by atoms with Gasteiger partial charge in [-0.1, -0.05) is 16.8 Å². The van der Waals surface area contributed by atoms with E-state index in [0.717, 1.165) is 10.4 Å². The number of nitrogen functional groups attached to an aromatic ring is 1. The summed E-state index contributed by atoms with van der Waals surface area (Å²) in [5.74, 6) is 0.195. The first-order chi connectivity index (χ1) is 9.56. The van der Waals surface area contributed by atoms with Gasteiger partial charge in [0.15, 0.2) is 0 Å². The van der Waals surface area contributed by atoms with Gasteiger partial charge in [0.1, 0.15) is 10.7 Å². The predicted molar refractivity (Wildman–Crippen MR) is 77.2 cm³/mol. The Morgan fingerprint density at radius 1 is 1.40 bits per heavy atom. The van der Waals surface area contributed by atoms with Crippen LogP contribution < -0.4 is 5.73 Å². The molecule has 7 heteroatoms. The molecule has 3 rings (SSSR count). The summed E-state index contributed by atoms with van der Waals surface area (Å²) in [5.41, 5.74) is 8.11. The Kier molecular flexibility index (Phi) is 3.19. The quantitative estimate of drug-likeness (QED) is 0.772. The number of thiophene rings is 1. The summed E-state index contributed by atoms with van der Waals surface area (Å²) in [6.45, 7) is 1.91. The van der Waals surface area contributed by atoms with Gasteiger partial charge in [-0.25, -0.2) is 4.39 Å². The fourth-order valence-electron chi connectivity index (χ4n) is 1.69. The van der Waals surface area contributed by atoms with Crippen LogP contribution in [-0.2, 0) is 0 Å². The zero-order chi connectivity index (χ0) is 14.3. The van der Waals surface area contributed by atoms with Crippen molar-refractivity contribution in [3.63, 3.8) is 0 Å². The molecule has 0 unspecified atom stereocenters. The number of rotatable bonds is 2. The van der Waals surface area contributed by atoms with Crippen molar-refractivity contribution in [1.29, 1.82) is 0 Å². The summed E-state index contributed by atoms with van der Waals surface area (Å²) in [6.07, 6.45) is 0. The Morgan fingerprint density at radius 2 is 2.20 bits per heavy atom. The lowest BCUT2D eigenvalue weighted by Gasteiger charge is -1.96. The van der Waals surface area contributed by atoms with Crippen LogP contribution in [0, 0.1) is 12.7 Å². The highest BCUT2D eigenvalue weighted by Crippen LogP contribution is 2.34. The number of aromatic nitrogens is 2. The lowest BCUT2D eigenvalue weighted by atomic mass is 10.2. The summed E-state index contributed by atoms with van der Waals surface area (Å²) in [4.78, 5) is 5.00. The lowest BCUT2D eigenvalue weighted by molar-refractivity contribution is 0.433. The van der Waals surface area contributed by atoms with Crippen molar-refractivity contribution in [2.45, 2.75) is 6.92 Å².